The standard InChI is InChI=1S/C28H48N4O7Si/c1-7-9-14-29-23(33)17-24(34)32(27(29)37)21-10-12-28(3,13-11-21)19-30-22(18-38-8-2)25(35)31(26(30)36)20-39-15-16-40(4,5)6/h21-22H,7-20H2,1-6H3. The molecule has 2 heterocycles. The van der Waals surface area contributed by atoms with Gasteiger partial charge < -0.3 is 14.4 Å². The number of ether oxygens (including phenoxy) is 2. The average molecular weight is 581 g/mol. The molecule has 1 unspecified atom stereocenters. The Hall–Kier alpha value is -2.31. The number of unbranched alkanes of at least 4 members (excludes halogenated alkanes) is 1. The van der Waals surface area contributed by atoms with Crippen molar-refractivity contribution in [3.8, 4) is 0 Å². The highest BCUT2D eigenvalue weighted by Crippen LogP contribution is 2.40. The number of amides is 7. The van der Waals surface area contributed by atoms with Gasteiger partial charge in [0, 0.05) is 40.4 Å². The first kappa shape index (κ1) is 32.2. The van der Waals surface area contributed by atoms with Crippen LogP contribution in [0.4, 0.5) is 9.59 Å². The lowest BCUT2D eigenvalue weighted by molar-refractivity contribution is -0.145. The SMILES string of the molecule is CCCCN1C(=O)CC(=O)N(C2CCC(C)(CN3C(=O)N(COCC[Si](C)(C)C)C(=O)C3COCC)CC2)C1=O. The lowest BCUT2D eigenvalue weighted by atomic mass is 9.73. The van der Waals surface area contributed by atoms with E-state index in [0.29, 0.717) is 58.4 Å². The summed E-state index contributed by atoms with van der Waals surface area (Å²) in [7, 11) is -1.30. The Morgan fingerprint density at radius 1 is 0.925 bits per heavy atom. The van der Waals surface area contributed by atoms with E-state index >= 15 is 0 Å². The zero-order chi connectivity index (χ0) is 29.7. The van der Waals surface area contributed by atoms with Crippen LogP contribution in [0.5, 0.6) is 0 Å². The van der Waals surface area contributed by atoms with Crippen LogP contribution in [0.3, 0.4) is 0 Å². The third-order valence-electron chi connectivity index (χ3n) is 8.22. The number of carbonyl (C=O) groups is 5. The van der Waals surface area contributed by atoms with Gasteiger partial charge in [-0.1, -0.05) is 39.9 Å². The van der Waals surface area contributed by atoms with Gasteiger partial charge in [-0.05, 0) is 50.5 Å². The van der Waals surface area contributed by atoms with E-state index in [2.05, 4.69) is 26.6 Å². The monoisotopic (exact) mass is 580 g/mol. The molecule has 0 N–H and O–H groups in total. The van der Waals surface area contributed by atoms with Gasteiger partial charge in [0.25, 0.3) is 5.91 Å². The molecule has 2 saturated heterocycles. The Kier molecular flexibility index (Phi) is 10.9. The van der Waals surface area contributed by atoms with Gasteiger partial charge in [-0.3, -0.25) is 24.2 Å². The number of barbiturate groups is 1. The van der Waals surface area contributed by atoms with Crippen molar-refractivity contribution < 1.29 is 33.4 Å². The molecule has 0 spiro atoms. The third kappa shape index (κ3) is 7.70. The van der Waals surface area contributed by atoms with Crippen molar-refractivity contribution in [2.24, 2.45) is 5.41 Å². The molecule has 3 fully saturated rings. The Bertz CT molecular complexity index is 961. The minimum absolute atomic E-state index is 0.0630. The summed E-state index contributed by atoms with van der Waals surface area (Å²) in [5, 5.41) is 0. The van der Waals surface area contributed by atoms with Gasteiger partial charge in [0.2, 0.25) is 11.8 Å². The maximum atomic E-state index is 13.4. The molecule has 1 atom stereocenters. The van der Waals surface area contributed by atoms with Crippen LogP contribution in [0.15, 0.2) is 0 Å². The molecule has 40 heavy (non-hydrogen) atoms. The van der Waals surface area contributed by atoms with Crippen LogP contribution in [0.2, 0.25) is 25.7 Å². The quantitative estimate of drug-likeness (QED) is 0.132. The highest BCUT2D eigenvalue weighted by Gasteiger charge is 2.49. The Morgan fingerprint density at radius 3 is 2.20 bits per heavy atom. The van der Waals surface area contributed by atoms with Gasteiger partial charge in [0.05, 0.1) is 6.61 Å². The minimum atomic E-state index is -1.30. The van der Waals surface area contributed by atoms with E-state index in [0.717, 1.165) is 12.5 Å². The van der Waals surface area contributed by atoms with Gasteiger partial charge >= 0.3 is 12.1 Å². The van der Waals surface area contributed by atoms with Crippen LogP contribution >= 0.6 is 0 Å². The predicted octanol–water partition coefficient (Wildman–Crippen LogP) is 3.90. The van der Waals surface area contributed by atoms with Crippen molar-refractivity contribution in [3.05, 3.63) is 0 Å². The Labute approximate surface area is 239 Å². The van der Waals surface area contributed by atoms with Crippen LogP contribution in [0.1, 0.15) is 65.7 Å². The Balaban J connectivity index is 1.64. The van der Waals surface area contributed by atoms with E-state index in [4.69, 9.17) is 9.47 Å². The highest BCUT2D eigenvalue weighted by molar-refractivity contribution is 6.76. The molecule has 1 saturated carbocycles. The zero-order valence-electron chi connectivity index (χ0n) is 25.2. The number of imide groups is 3. The first-order valence-corrected chi connectivity index (χ1v) is 18.5. The minimum Gasteiger partial charge on any atom is -0.379 e. The molecule has 7 amide bonds. The zero-order valence-corrected chi connectivity index (χ0v) is 26.2. The third-order valence-corrected chi connectivity index (χ3v) is 9.93. The number of urea groups is 2. The number of nitrogens with zero attached hydrogens (tertiary/aromatic N) is 4. The molecule has 0 radical (unpaired) electrons. The predicted molar refractivity (Wildman–Crippen MR) is 152 cm³/mol. The number of carbonyl (C=O) groups excluding carboxylic acids is 5. The smallest absolute Gasteiger partial charge is 0.333 e. The molecule has 12 heteroatoms. The topological polar surface area (TPSA) is 117 Å². The number of hydrogen-bond donors (Lipinski definition) is 0. The summed E-state index contributed by atoms with van der Waals surface area (Å²) >= 11 is 0. The lowest BCUT2D eigenvalue weighted by Gasteiger charge is -2.44. The maximum absolute atomic E-state index is 13.4. The van der Waals surface area contributed by atoms with Crippen molar-refractivity contribution in [2.75, 3.05) is 39.6 Å². The van der Waals surface area contributed by atoms with Crippen molar-refractivity contribution in [1.29, 1.82) is 0 Å². The van der Waals surface area contributed by atoms with Gasteiger partial charge in [0.15, 0.2) is 0 Å². The first-order valence-electron chi connectivity index (χ1n) is 14.8. The van der Waals surface area contributed by atoms with Gasteiger partial charge in [-0.15, -0.1) is 0 Å². The second kappa shape index (κ2) is 13.6. The second-order valence-electron chi connectivity index (χ2n) is 12.9. The largest absolute Gasteiger partial charge is 0.379 e. The van der Waals surface area contributed by atoms with E-state index in [1.807, 2.05) is 13.8 Å². The fourth-order valence-electron chi connectivity index (χ4n) is 5.59. The van der Waals surface area contributed by atoms with Crippen molar-refractivity contribution in [3.63, 3.8) is 0 Å². The van der Waals surface area contributed by atoms with E-state index in [9.17, 15) is 24.0 Å². The molecule has 0 aromatic rings. The Morgan fingerprint density at radius 2 is 1.60 bits per heavy atom. The van der Waals surface area contributed by atoms with E-state index < -0.39 is 32.0 Å². The van der Waals surface area contributed by atoms with Crippen molar-refractivity contribution >= 4 is 37.9 Å². The number of rotatable bonds is 14. The molecule has 2 aliphatic heterocycles. The van der Waals surface area contributed by atoms with Gasteiger partial charge in [0.1, 0.15) is 19.2 Å². The van der Waals surface area contributed by atoms with E-state index in [1.54, 1.807) is 4.90 Å². The summed E-state index contributed by atoms with van der Waals surface area (Å²) in [5.41, 5.74) is -0.300. The summed E-state index contributed by atoms with van der Waals surface area (Å²) in [6, 6.07) is -0.911. The van der Waals surface area contributed by atoms with E-state index in [1.165, 1.54) is 14.7 Å². The molecule has 0 bridgehead atoms. The molecule has 11 nitrogen and oxygen atoms in total. The van der Waals surface area contributed by atoms with Crippen LogP contribution in [-0.4, -0.2) is 109 Å². The molecular formula is C28H48N4O7Si. The van der Waals surface area contributed by atoms with Gasteiger partial charge in [-0.2, -0.15) is 0 Å². The first-order chi connectivity index (χ1) is 18.8. The maximum Gasteiger partial charge on any atom is 0.333 e. The lowest BCUT2D eigenvalue weighted by Crippen LogP contribution is -2.59. The highest BCUT2D eigenvalue weighted by atomic mass is 28.3. The second-order valence-corrected chi connectivity index (χ2v) is 18.5. The molecule has 0 aromatic carbocycles. The summed E-state index contributed by atoms with van der Waals surface area (Å²) in [6.45, 7) is 14.4. The summed E-state index contributed by atoms with van der Waals surface area (Å²) in [4.78, 5) is 70.1. The van der Waals surface area contributed by atoms with Crippen LogP contribution < -0.4 is 0 Å². The summed E-state index contributed by atoms with van der Waals surface area (Å²) < 4.78 is 11.3. The molecule has 1 aliphatic carbocycles. The van der Waals surface area contributed by atoms with Crippen molar-refractivity contribution in [2.45, 2.75) is 103 Å². The van der Waals surface area contributed by atoms with E-state index in [-0.39, 0.29) is 43.2 Å². The van der Waals surface area contributed by atoms with Crippen molar-refractivity contribution in [1.82, 2.24) is 19.6 Å². The molecule has 3 rings (SSSR count). The summed E-state index contributed by atoms with van der Waals surface area (Å²) in [6.07, 6.45) is 3.78. The van der Waals surface area contributed by atoms with Crippen LogP contribution in [0, 0.1) is 5.41 Å². The van der Waals surface area contributed by atoms with Crippen LogP contribution in [-0.2, 0) is 23.9 Å². The molecule has 226 valence electrons. The number of hydrogen-bond acceptors (Lipinski definition) is 7. The molecule has 3 aliphatic rings. The average Bonchev–Trinajstić information content (AvgIpc) is 3.08. The molecule has 0 aromatic heterocycles. The summed E-state index contributed by atoms with van der Waals surface area (Å²) in [5.74, 6) is -1.16. The molecular weight excluding hydrogens is 532 g/mol. The van der Waals surface area contributed by atoms with Gasteiger partial charge in [-0.25, -0.2) is 14.5 Å². The fourth-order valence-corrected chi connectivity index (χ4v) is 6.35. The fraction of sp³-hybridized carbons (Fsp3) is 0.821. The normalized spacial score (nSPS) is 26.5. The van der Waals surface area contributed by atoms with Crippen LogP contribution in [0.25, 0.3) is 0 Å².